The van der Waals surface area contributed by atoms with Crippen molar-refractivity contribution in [3.8, 4) is 0 Å². The van der Waals surface area contributed by atoms with Gasteiger partial charge in [0.05, 0.1) is 11.6 Å². The number of piperazine rings is 1. The first-order chi connectivity index (χ1) is 13.7. The minimum Gasteiger partial charge on any atom is -0.324 e. The average molecular weight is 437 g/mol. The van der Waals surface area contributed by atoms with Crippen molar-refractivity contribution in [2.24, 2.45) is 0 Å². The Morgan fingerprint density at radius 2 is 1.76 bits per heavy atom. The molecule has 1 aliphatic carbocycles. The Kier molecular flexibility index (Phi) is 5.43. The van der Waals surface area contributed by atoms with Crippen molar-refractivity contribution in [3.05, 3.63) is 29.3 Å². The van der Waals surface area contributed by atoms with Crippen LogP contribution in [-0.4, -0.2) is 83.4 Å². The van der Waals surface area contributed by atoms with Crippen LogP contribution in [0.1, 0.15) is 30.9 Å². The largest absolute Gasteiger partial charge is 0.324 e. The van der Waals surface area contributed by atoms with Crippen molar-refractivity contribution >= 4 is 33.3 Å². The molecule has 3 aliphatic rings. The fourth-order valence-electron chi connectivity index (χ4n) is 4.04. The number of nitrogens with zero attached hydrogens (tertiary/aromatic N) is 4. The maximum absolute atomic E-state index is 13.1. The fraction of sp³-hybridized carbons (Fsp3) is 0.600. The summed E-state index contributed by atoms with van der Waals surface area (Å²) in [4.78, 5) is 18.9. The Hall–Kier alpha value is -1.55. The minimum absolute atomic E-state index is 0.0913. The third kappa shape index (κ3) is 3.81. The number of aryl methyl sites for hydroxylation is 2. The van der Waals surface area contributed by atoms with Gasteiger partial charge in [-0.2, -0.15) is 4.31 Å². The van der Waals surface area contributed by atoms with Crippen LogP contribution in [0.5, 0.6) is 0 Å². The summed E-state index contributed by atoms with van der Waals surface area (Å²) < 4.78 is 27.8. The molecule has 0 N–H and O–H groups in total. The summed E-state index contributed by atoms with van der Waals surface area (Å²) >= 11 is 5.57. The lowest BCUT2D eigenvalue weighted by Crippen LogP contribution is -2.53. The van der Waals surface area contributed by atoms with Gasteiger partial charge in [-0.1, -0.05) is 12.1 Å². The highest BCUT2D eigenvalue weighted by Crippen LogP contribution is 2.33. The summed E-state index contributed by atoms with van der Waals surface area (Å²) in [6.07, 6.45) is 2.06. The second-order valence-electron chi connectivity index (χ2n) is 8.30. The molecule has 0 spiro atoms. The first-order valence-electron chi connectivity index (χ1n) is 10.1. The number of thiocarbonyl (C=S) groups is 1. The molecule has 7 nitrogen and oxygen atoms in total. The van der Waals surface area contributed by atoms with Crippen LogP contribution >= 0.6 is 12.2 Å². The molecule has 0 aromatic heterocycles. The Labute approximate surface area is 178 Å². The van der Waals surface area contributed by atoms with E-state index in [9.17, 15) is 13.2 Å². The molecular weight excluding hydrogens is 408 g/mol. The molecule has 0 bridgehead atoms. The van der Waals surface area contributed by atoms with Gasteiger partial charge in [0.1, 0.15) is 6.04 Å². The number of hydrogen-bond donors (Lipinski definition) is 0. The van der Waals surface area contributed by atoms with Crippen LogP contribution in [0.3, 0.4) is 0 Å². The topological polar surface area (TPSA) is 64.2 Å². The first kappa shape index (κ1) is 20.7. The molecule has 29 heavy (non-hydrogen) atoms. The SMILES string of the molecule is Cc1ccc(C)c(S(=O)(=O)N2CCN(CN3C(=S)N(C4CC4)C(=O)[C@@H]3C)CC2)c1. The highest BCUT2D eigenvalue weighted by Gasteiger charge is 2.47. The van der Waals surface area contributed by atoms with Crippen LogP contribution in [0, 0.1) is 13.8 Å². The van der Waals surface area contributed by atoms with Crippen molar-refractivity contribution in [2.75, 3.05) is 32.8 Å². The van der Waals surface area contributed by atoms with Crippen molar-refractivity contribution < 1.29 is 13.2 Å². The summed E-state index contributed by atoms with van der Waals surface area (Å²) in [6.45, 7) is 8.31. The van der Waals surface area contributed by atoms with E-state index in [4.69, 9.17) is 12.2 Å². The molecule has 1 saturated carbocycles. The fourth-order valence-corrected chi connectivity index (χ4v) is 6.22. The van der Waals surface area contributed by atoms with Crippen molar-refractivity contribution in [3.63, 3.8) is 0 Å². The van der Waals surface area contributed by atoms with Crippen LogP contribution in [0.25, 0.3) is 0 Å². The maximum Gasteiger partial charge on any atom is 0.251 e. The van der Waals surface area contributed by atoms with E-state index in [0.717, 1.165) is 24.0 Å². The number of hydrogen-bond acceptors (Lipinski definition) is 5. The van der Waals surface area contributed by atoms with Crippen molar-refractivity contribution in [2.45, 2.75) is 50.6 Å². The van der Waals surface area contributed by atoms with E-state index in [0.29, 0.717) is 42.9 Å². The number of amides is 1. The molecule has 2 saturated heterocycles. The average Bonchev–Trinajstić information content (AvgIpc) is 3.49. The van der Waals surface area contributed by atoms with Gasteiger partial charge in [-0.3, -0.25) is 14.6 Å². The summed E-state index contributed by atoms with van der Waals surface area (Å²) in [6, 6.07) is 5.57. The molecule has 158 valence electrons. The molecule has 2 heterocycles. The van der Waals surface area contributed by atoms with E-state index >= 15 is 0 Å². The molecule has 9 heteroatoms. The summed E-state index contributed by atoms with van der Waals surface area (Å²) in [5.41, 5.74) is 1.71. The monoisotopic (exact) mass is 436 g/mol. The predicted molar refractivity (Wildman–Crippen MR) is 115 cm³/mol. The molecule has 0 radical (unpaired) electrons. The zero-order valence-electron chi connectivity index (χ0n) is 17.2. The zero-order valence-corrected chi connectivity index (χ0v) is 18.8. The van der Waals surface area contributed by atoms with Gasteiger partial charge in [0.2, 0.25) is 10.0 Å². The lowest BCUT2D eigenvalue weighted by Gasteiger charge is -2.37. The van der Waals surface area contributed by atoms with E-state index in [2.05, 4.69) is 4.90 Å². The van der Waals surface area contributed by atoms with Gasteiger partial charge in [-0.05, 0) is 63.0 Å². The van der Waals surface area contributed by atoms with Gasteiger partial charge in [-0.25, -0.2) is 8.42 Å². The van der Waals surface area contributed by atoms with E-state index < -0.39 is 10.0 Å². The maximum atomic E-state index is 13.1. The van der Waals surface area contributed by atoms with Crippen molar-refractivity contribution in [1.82, 2.24) is 19.0 Å². The van der Waals surface area contributed by atoms with Crippen LogP contribution in [0.15, 0.2) is 23.1 Å². The van der Waals surface area contributed by atoms with Crippen LogP contribution in [0.2, 0.25) is 0 Å². The smallest absolute Gasteiger partial charge is 0.251 e. The molecule has 1 atom stereocenters. The van der Waals surface area contributed by atoms with Gasteiger partial charge in [0.25, 0.3) is 5.91 Å². The van der Waals surface area contributed by atoms with Gasteiger partial charge in [-0.15, -0.1) is 0 Å². The lowest BCUT2D eigenvalue weighted by atomic mass is 10.2. The molecule has 2 aliphatic heterocycles. The molecule has 1 aromatic carbocycles. The number of benzene rings is 1. The molecule has 4 rings (SSSR count). The first-order valence-corrected chi connectivity index (χ1v) is 12.0. The molecule has 1 amide bonds. The number of carbonyl (C=O) groups excluding carboxylic acids is 1. The highest BCUT2D eigenvalue weighted by molar-refractivity contribution is 7.89. The van der Waals surface area contributed by atoms with Gasteiger partial charge in [0.15, 0.2) is 5.11 Å². The van der Waals surface area contributed by atoms with Crippen LogP contribution in [0.4, 0.5) is 0 Å². The number of sulfonamides is 1. The zero-order chi connectivity index (χ0) is 20.9. The standard InChI is InChI=1S/C20H28N4O3S2/c1-14-4-5-15(2)18(12-14)29(26,27)22-10-8-21(9-11-22)13-23-16(3)19(25)24(20(23)28)17-6-7-17/h4-5,12,16-17H,6-11,13H2,1-3H3/t16-/m0/s1. The Morgan fingerprint density at radius 3 is 2.38 bits per heavy atom. The third-order valence-electron chi connectivity index (χ3n) is 6.07. The predicted octanol–water partition coefficient (Wildman–Crippen LogP) is 1.55. The minimum atomic E-state index is -3.50. The van der Waals surface area contributed by atoms with Crippen LogP contribution in [-0.2, 0) is 14.8 Å². The van der Waals surface area contributed by atoms with E-state index in [1.807, 2.05) is 37.8 Å². The summed E-state index contributed by atoms with van der Waals surface area (Å²) in [7, 11) is -3.50. The normalized spacial score (nSPS) is 24.6. The highest BCUT2D eigenvalue weighted by atomic mass is 32.2. The Morgan fingerprint density at radius 1 is 1.10 bits per heavy atom. The van der Waals surface area contributed by atoms with Crippen LogP contribution < -0.4 is 0 Å². The van der Waals surface area contributed by atoms with E-state index in [1.165, 1.54) is 0 Å². The Bertz CT molecular complexity index is 937. The lowest BCUT2D eigenvalue weighted by molar-refractivity contribution is -0.128. The van der Waals surface area contributed by atoms with Gasteiger partial charge >= 0.3 is 0 Å². The number of rotatable bonds is 5. The van der Waals surface area contributed by atoms with Gasteiger partial charge in [0, 0.05) is 32.2 Å². The quantitative estimate of drug-likeness (QED) is 0.653. The molecule has 3 fully saturated rings. The third-order valence-corrected chi connectivity index (χ3v) is 8.54. The summed E-state index contributed by atoms with van der Waals surface area (Å²) in [5, 5.41) is 0.621. The van der Waals surface area contributed by atoms with E-state index in [-0.39, 0.29) is 18.0 Å². The second kappa shape index (κ2) is 7.61. The summed E-state index contributed by atoms with van der Waals surface area (Å²) in [5.74, 6) is 0.0913. The number of carbonyl (C=O) groups is 1. The molecular formula is C20H28N4O3S2. The molecule has 1 aromatic rings. The molecule has 0 unspecified atom stereocenters. The van der Waals surface area contributed by atoms with Crippen molar-refractivity contribution in [1.29, 1.82) is 0 Å². The van der Waals surface area contributed by atoms with E-state index in [1.54, 1.807) is 15.3 Å². The van der Waals surface area contributed by atoms with Gasteiger partial charge < -0.3 is 4.90 Å². The second-order valence-corrected chi connectivity index (χ2v) is 10.6. The Balaban J connectivity index is 1.40.